The van der Waals surface area contributed by atoms with E-state index in [0.29, 0.717) is 16.6 Å². The van der Waals surface area contributed by atoms with E-state index in [1.165, 1.54) is 22.4 Å². The molecule has 1 aromatic carbocycles. The van der Waals surface area contributed by atoms with Crippen molar-refractivity contribution in [1.82, 2.24) is 9.13 Å². The van der Waals surface area contributed by atoms with E-state index in [1.54, 1.807) is 51.2 Å². The minimum Gasteiger partial charge on any atom is -0.464 e. The second-order valence-corrected chi connectivity index (χ2v) is 7.15. The average Bonchev–Trinajstić information content (AvgIpc) is 3.20. The molecule has 0 fully saturated rings. The summed E-state index contributed by atoms with van der Waals surface area (Å²) in [5, 5.41) is 9.97. The van der Waals surface area contributed by atoms with Crippen LogP contribution in [0.4, 0.5) is 10.5 Å². The van der Waals surface area contributed by atoms with Crippen molar-refractivity contribution in [2.24, 2.45) is 0 Å². The van der Waals surface area contributed by atoms with E-state index in [9.17, 15) is 14.9 Å². The fraction of sp³-hybridized carbons (Fsp3) is 0.250. The Bertz CT molecular complexity index is 1130. The van der Waals surface area contributed by atoms with Gasteiger partial charge in [0.2, 0.25) is 0 Å². The largest absolute Gasteiger partial charge is 0.464 e. The highest BCUT2D eigenvalue weighted by Gasteiger charge is 2.24. The van der Waals surface area contributed by atoms with Crippen LogP contribution in [0.1, 0.15) is 36.8 Å². The van der Waals surface area contributed by atoms with Crippen LogP contribution in [0, 0.1) is 11.3 Å². The average molecular weight is 380 g/mol. The van der Waals surface area contributed by atoms with Crippen molar-refractivity contribution in [3.63, 3.8) is 0 Å². The number of nitrogens with two attached hydrogens (primary N) is 1. The predicted molar refractivity (Wildman–Crippen MR) is 103 cm³/mol. The Hall–Kier alpha value is -3.73. The van der Waals surface area contributed by atoms with Gasteiger partial charge in [-0.1, -0.05) is 6.07 Å². The molecule has 0 bridgehead atoms. The lowest BCUT2D eigenvalue weighted by atomic mass is 10.2. The zero-order valence-electron chi connectivity index (χ0n) is 16.0. The molecule has 8 nitrogen and oxygen atoms in total. The number of carbonyl (C=O) groups is 2. The molecule has 144 valence electrons. The first-order valence-corrected chi connectivity index (χ1v) is 8.51. The predicted octanol–water partition coefficient (Wildman–Crippen LogP) is 3.46. The summed E-state index contributed by atoms with van der Waals surface area (Å²) in [6.07, 6.45) is 2.55. The maximum atomic E-state index is 12.5. The van der Waals surface area contributed by atoms with Crippen molar-refractivity contribution >= 4 is 28.7 Å². The lowest BCUT2D eigenvalue weighted by Gasteiger charge is -2.19. The number of hydrogen-bond donors (Lipinski definition) is 1. The first-order chi connectivity index (χ1) is 13.2. The van der Waals surface area contributed by atoms with Crippen LogP contribution >= 0.6 is 0 Å². The van der Waals surface area contributed by atoms with Crippen LogP contribution in [0.5, 0.6) is 0 Å². The van der Waals surface area contributed by atoms with Gasteiger partial charge in [0.05, 0.1) is 29.6 Å². The van der Waals surface area contributed by atoms with E-state index < -0.39 is 17.7 Å². The summed E-state index contributed by atoms with van der Waals surface area (Å²) < 4.78 is 13.1. The van der Waals surface area contributed by atoms with E-state index in [-0.39, 0.29) is 16.9 Å². The first-order valence-electron chi connectivity index (χ1n) is 8.51. The molecule has 0 aliphatic heterocycles. The first kappa shape index (κ1) is 19.0. The summed E-state index contributed by atoms with van der Waals surface area (Å²) in [5.41, 5.74) is 6.75. The van der Waals surface area contributed by atoms with E-state index in [1.807, 2.05) is 6.07 Å². The van der Waals surface area contributed by atoms with Crippen molar-refractivity contribution < 1.29 is 19.1 Å². The Labute approximate surface area is 161 Å². The number of nitrogen functional groups attached to an aromatic ring is 1. The molecule has 0 aliphatic carbocycles. The van der Waals surface area contributed by atoms with E-state index in [0.717, 1.165) is 0 Å². The van der Waals surface area contributed by atoms with Crippen LogP contribution < -0.4 is 5.73 Å². The van der Waals surface area contributed by atoms with E-state index >= 15 is 0 Å². The molecule has 0 radical (unpaired) electrons. The normalized spacial score (nSPS) is 11.2. The van der Waals surface area contributed by atoms with Crippen LogP contribution in [0.3, 0.4) is 0 Å². The van der Waals surface area contributed by atoms with Gasteiger partial charge >= 0.3 is 12.1 Å². The summed E-state index contributed by atoms with van der Waals surface area (Å²) in [6.45, 7) is 5.37. The van der Waals surface area contributed by atoms with Crippen LogP contribution in [0.15, 0.2) is 36.7 Å². The molecular formula is C20H20N4O4. The molecule has 0 unspecified atom stereocenters. The number of hydrogen-bond acceptors (Lipinski definition) is 6. The molecule has 0 aliphatic rings. The number of nitriles is 1. The second kappa shape index (κ2) is 6.78. The van der Waals surface area contributed by atoms with Gasteiger partial charge in [-0.3, -0.25) is 4.57 Å². The summed E-state index contributed by atoms with van der Waals surface area (Å²) >= 11 is 0. The molecule has 0 saturated carbocycles. The summed E-state index contributed by atoms with van der Waals surface area (Å²) in [4.78, 5) is 24.8. The Morgan fingerprint density at radius 3 is 2.54 bits per heavy atom. The molecule has 0 spiro atoms. The van der Waals surface area contributed by atoms with Crippen molar-refractivity contribution in [1.29, 1.82) is 5.26 Å². The molecule has 28 heavy (non-hydrogen) atoms. The number of ether oxygens (including phenoxy) is 2. The molecule has 3 rings (SSSR count). The number of aromatic nitrogens is 2. The van der Waals surface area contributed by atoms with Gasteiger partial charge in [-0.2, -0.15) is 5.26 Å². The van der Waals surface area contributed by atoms with Crippen LogP contribution in [-0.4, -0.2) is 33.9 Å². The molecule has 8 heteroatoms. The van der Waals surface area contributed by atoms with Crippen LogP contribution in [0.2, 0.25) is 0 Å². The minimum atomic E-state index is -0.664. The molecule has 0 amide bonds. The third-order valence-electron chi connectivity index (χ3n) is 4.10. The zero-order valence-corrected chi connectivity index (χ0v) is 16.0. The van der Waals surface area contributed by atoms with Gasteiger partial charge < -0.3 is 19.8 Å². The van der Waals surface area contributed by atoms with Crippen molar-refractivity contribution in [3.05, 3.63) is 47.9 Å². The van der Waals surface area contributed by atoms with Gasteiger partial charge in [-0.15, -0.1) is 0 Å². The van der Waals surface area contributed by atoms with Crippen molar-refractivity contribution in [2.45, 2.75) is 26.4 Å². The molecule has 3 aromatic rings. The highest BCUT2D eigenvalue weighted by Crippen LogP contribution is 2.30. The molecule has 0 saturated heterocycles. The van der Waals surface area contributed by atoms with Gasteiger partial charge in [-0.05, 0) is 39.0 Å². The zero-order chi connectivity index (χ0) is 20.6. The Morgan fingerprint density at radius 1 is 1.21 bits per heavy atom. The molecule has 0 atom stereocenters. The molecule has 2 aromatic heterocycles. The maximum absolute atomic E-state index is 12.5. The highest BCUT2D eigenvalue weighted by atomic mass is 16.6. The monoisotopic (exact) mass is 380 g/mol. The van der Waals surface area contributed by atoms with Gasteiger partial charge in [0.15, 0.2) is 5.69 Å². The van der Waals surface area contributed by atoms with Gasteiger partial charge in [0.25, 0.3) is 0 Å². The molecular weight excluding hydrogens is 360 g/mol. The van der Waals surface area contributed by atoms with Gasteiger partial charge in [-0.25, -0.2) is 9.59 Å². The number of benzene rings is 1. The Morgan fingerprint density at radius 2 is 1.93 bits per heavy atom. The topological polar surface area (TPSA) is 112 Å². The van der Waals surface area contributed by atoms with Crippen molar-refractivity contribution in [3.8, 4) is 11.8 Å². The fourth-order valence-electron chi connectivity index (χ4n) is 2.94. The summed E-state index contributed by atoms with van der Waals surface area (Å²) in [6, 6.07) is 8.96. The minimum absolute atomic E-state index is 0.0397. The number of fused-ring (bicyclic) bond motifs is 1. The van der Waals surface area contributed by atoms with Gasteiger partial charge in [0, 0.05) is 17.8 Å². The lowest BCUT2D eigenvalue weighted by Crippen LogP contribution is -2.26. The molecule has 2 heterocycles. The summed E-state index contributed by atoms with van der Waals surface area (Å²) in [7, 11) is 1.24. The molecule has 2 N–H and O–H groups in total. The van der Waals surface area contributed by atoms with Crippen LogP contribution in [-0.2, 0) is 9.47 Å². The maximum Gasteiger partial charge on any atom is 0.418 e. The third-order valence-corrected chi connectivity index (χ3v) is 4.10. The number of anilines is 1. The SMILES string of the molecule is COC(=O)c1c(N)c(C#N)cn1-c1cccc2c1ccn2C(=O)OC(C)(C)C. The number of rotatable bonds is 2. The van der Waals surface area contributed by atoms with Gasteiger partial charge in [0.1, 0.15) is 11.7 Å². The Kier molecular flexibility index (Phi) is 4.61. The lowest BCUT2D eigenvalue weighted by molar-refractivity contribution is 0.0542. The van der Waals surface area contributed by atoms with Crippen LogP contribution in [0.25, 0.3) is 16.6 Å². The van der Waals surface area contributed by atoms with E-state index in [4.69, 9.17) is 15.2 Å². The highest BCUT2D eigenvalue weighted by molar-refractivity contribution is 5.99. The number of methoxy groups -OCH3 is 1. The Balaban J connectivity index is 2.21. The van der Waals surface area contributed by atoms with Crippen molar-refractivity contribution in [2.75, 3.05) is 12.8 Å². The second-order valence-electron chi connectivity index (χ2n) is 7.15. The smallest absolute Gasteiger partial charge is 0.418 e. The number of nitrogens with zero attached hydrogens (tertiary/aromatic N) is 3. The summed E-state index contributed by atoms with van der Waals surface area (Å²) in [5.74, 6) is -0.664. The number of esters is 1. The third kappa shape index (κ3) is 3.18. The fourth-order valence-corrected chi connectivity index (χ4v) is 2.94. The van der Waals surface area contributed by atoms with E-state index in [2.05, 4.69) is 0 Å². The number of carbonyl (C=O) groups excluding carboxylic acids is 2. The quantitative estimate of drug-likeness (QED) is 0.681. The standard InChI is InChI=1S/C20H20N4O4/c1-20(2,3)28-19(26)23-9-8-13-14(23)6-5-7-15(13)24-11-12(10-21)16(22)17(24)18(25)27-4/h5-9,11H,22H2,1-4H3.